The van der Waals surface area contributed by atoms with Crippen LogP contribution in [0.3, 0.4) is 0 Å². The number of rotatable bonds is 4. The van der Waals surface area contributed by atoms with Gasteiger partial charge in [-0.05, 0) is 18.2 Å². The largest absolute Gasteiger partial charge is 0.478 e. The van der Waals surface area contributed by atoms with Crippen LogP contribution in [0.25, 0.3) is 11.0 Å². The zero-order valence-electron chi connectivity index (χ0n) is 12.2. The minimum atomic E-state index is -1.00. The van der Waals surface area contributed by atoms with Crippen molar-refractivity contribution in [2.45, 2.75) is 13.3 Å². The predicted molar refractivity (Wildman–Crippen MR) is 78.6 cm³/mol. The Morgan fingerprint density at radius 2 is 2.09 bits per heavy atom. The van der Waals surface area contributed by atoms with E-state index in [0.717, 1.165) is 4.90 Å². The van der Waals surface area contributed by atoms with Crippen LogP contribution in [0.4, 0.5) is 4.79 Å². The second kappa shape index (κ2) is 6.25. The highest BCUT2D eigenvalue weighted by Crippen LogP contribution is 2.14. The summed E-state index contributed by atoms with van der Waals surface area (Å²) in [6.07, 6.45) is 0.439. The summed E-state index contributed by atoms with van der Waals surface area (Å²) in [6.45, 7) is 1.61. The molecule has 2 aromatic rings. The van der Waals surface area contributed by atoms with Crippen molar-refractivity contribution in [3.8, 4) is 0 Å². The number of carboxylic acids is 1. The Morgan fingerprint density at radius 3 is 2.73 bits per heavy atom. The fraction of sp³-hybridized carbons (Fsp3) is 0.286. The first kappa shape index (κ1) is 15.5. The molecule has 8 nitrogen and oxygen atoms in total. The maximum atomic E-state index is 11.6. The van der Waals surface area contributed by atoms with Gasteiger partial charge in [-0.2, -0.15) is 0 Å². The van der Waals surface area contributed by atoms with Crippen molar-refractivity contribution in [2.24, 2.45) is 0 Å². The predicted octanol–water partition coefficient (Wildman–Crippen LogP) is 0.991. The lowest BCUT2D eigenvalue weighted by Gasteiger charge is -2.13. The Bertz CT molecular complexity index is 738. The van der Waals surface area contributed by atoms with E-state index in [4.69, 9.17) is 5.11 Å². The highest BCUT2D eigenvalue weighted by Gasteiger charge is 2.12. The van der Waals surface area contributed by atoms with Crippen molar-refractivity contribution in [1.29, 1.82) is 0 Å². The number of amides is 3. The zero-order chi connectivity index (χ0) is 16.3. The first-order valence-electron chi connectivity index (χ1n) is 6.62. The number of hydrogen-bond donors (Lipinski definition) is 3. The molecule has 3 amide bonds. The van der Waals surface area contributed by atoms with Crippen LogP contribution >= 0.6 is 0 Å². The number of carboxylic acid groups (broad SMARTS) is 1. The number of urea groups is 1. The van der Waals surface area contributed by atoms with E-state index >= 15 is 0 Å². The van der Waals surface area contributed by atoms with E-state index in [1.165, 1.54) is 26.1 Å². The molecule has 1 heterocycles. The number of nitrogens with zero attached hydrogens (tertiary/aromatic N) is 2. The van der Waals surface area contributed by atoms with Gasteiger partial charge in [0.1, 0.15) is 5.82 Å². The summed E-state index contributed by atoms with van der Waals surface area (Å²) in [5, 5.41) is 11.5. The first-order valence-corrected chi connectivity index (χ1v) is 6.62. The number of carbonyl (C=O) groups excluding carboxylic acids is 2. The average molecular weight is 304 g/mol. The molecule has 0 saturated heterocycles. The lowest BCUT2D eigenvalue weighted by Crippen LogP contribution is -2.40. The smallest absolute Gasteiger partial charge is 0.335 e. The summed E-state index contributed by atoms with van der Waals surface area (Å²) >= 11 is 0. The third-order valence-electron chi connectivity index (χ3n) is 3.19. The van der Waals surface area contributed by atoms with Crippen molar-refractivity contribution in [2.75, 3.05) is 13.6 Å². The molecule has 0 aliphatic rings. The first-order chi connectivity index (χ1) is 10.4. The van der Waals surface area contributed by atoms with Gasteiger partial charge >= 0.3 is 12.0 Å². The van der Waals surface area contributed by atoms with Crippen LogP contribution in [0.15, 0.2) is 18.2 Å². The quantitative estimate of drug-likeness (QED) is 0.779. The van der Waals surface area contributed by atoms with Crippen molar-refractivity contribution in [3.63, 3.8) is 0 Å². The Kier molecular flexibility index (Phi) is 4.40. The van der Waals surface area contributed by atoms with E-state index in [1.54, 1.807) is 6.07 Å². The Morgan fingerprint density at radius 1 is 1.36 bits per heavy atom. The number of hydrogen-bond acceptors (Lipinski definition) is 4. The molecule has 0 fully saturated rings. The van der Waals surface area contributed by atoms with Gasteiger partial charge in [-0.3, -0.25) is 9.69 Å². The van der Waals surface area contributed by atoms with Gasteiger partial charge < -0.3 is 15.4 Å². The molecule has 0 unspecified atom stereocenters. The molecule has 0 aliphatic carbocycles. The molecule has 2 rings (SSSR count). The Labute approximate surface area is 126 Å². The van der Waals surface area contributed by atoms with E-state index in [2.05, 4.69) is 15.3 Å². The molecule has 1 aromatic carbocycles. The number of aromatic carboxylic acids is 1. The van der Waals surface area contributed by atoms with Crippen molar-refractivity contribution in [1.82, 2.24) is 20.2 Å². The van der Waals surface area contributed by atoms with Gasteiger partial charge in [-0.25, -0.2) is 14.6 Å². The standard InChI is InChI=1S/C14H16N4O4/c1-8(19)18(2)14(22)15-6-5-12-16-10-4-3-9(13(20)21)7-11(10)17-12/h3-4,7H,5-6H2,1-2H3,(H,15,22)(H,16,17)(H,20,21). The molecular weight excluding hydrogens is 288 g/mol. The summed E-state index contributed by atoms with van der Waals surface area (Å²) in [7, 11) is 1.40. The molecule has 3 N–H and O–H groups in total. The zero-order valence-corrected chi connectivity index (χ0v) is 12.2. The van der Waals surface area contributed by atoms with Crippen LogP contribution < -0.4 is 5.32 Å². The summed E-state index contributed by atoms with van der Waals surface area (Å²) in [6, 6.07) is 4.15. The molecule has 0 spiro atoms. The van der Waals surface area contributed by atoms with Crippen LogP contribution in [0.1, 0.15) is 23.1 Å². The summed E-state index contributed by atoms with van der Waals surface area (Å²) < 4.78 is 0. The van der Waals surface area contributed by atoms with E-state index in [9.17, 15) is 14.4 Å². The van der Waals surface area contributed by atoms with Crippen LogP contribution in [0, 0.1) is 0 Å². The summed E-state index contributed by atoms with van der Waals surface area (Å²) in [4.78, 5) is 41.8. The Hall–Kier alpha value is -2.90. The number of imide groups is 1. The van der Waals surface area contributed by atoms with E-state index in [0.29, 0.717) is 29.8 Å². The molecule has 1 aromatic heterocycles. The molecule has 8 heteroatoms. The second-order valence-corrected chi connectivity index (χ2v) is 4.78. The molecule has 0 radical (unpaired) electrons. The van der Waals surface area contributed by atoms with Crippen LogP contribution in [0.2, 0.25) is 0 Å². The fourth-order valence-electron chi connectivity index (χ4n) is 1.86. The SMILES string of the molecule is CC(=O)N(C)C(=O)NCCc1nc2ccc(C(=O)O)cc2[nH]1. The lowest BCUT2D eigenvalue weighted by atomic mass is 10.2. The van der Waals surface area contributed by atoms with Gasteiger partial charge in [0.15, 0.2) is 0 Å². The van der Waals surface area contributed by atoms with Gasteiger partial charge in [-0.1, -0.05) is 0 Å². The van der Waals surface area contributed by atoms with Gasteiger partial charge in [0.05, 0.1) is 16.6 Å². The van der Waals surface area contributed by atoms with E-state index in [1.807, 2.05) is 0 Å². The van der Waals surface area contributed by atoms with Crippen molar-refractivity contribution >= 4 is 28.9 Å². The third kappa shape index (κ3) is 3.40. The molecule has 116 valence electrons. The maximum Gasteiger partial charge on any atom is 0.335 e. The van der Waals surface area contributed by atoms with Crippen LogP contribution in [-0.4, -0.2) is 51.5 Å². The van der Waals surface area contributed by atoms with Crippen molar-refractivity contribution < 1.29 is 19.5 Å². The highest BCUT2D eigenvalue weighted by atomic mass is 16.4. The molecular formula is C14H16N4O4. The lowest BCUT2D eigenvalue weighted by molar-refractivity contribution is -0.124. The van der Waals surface area contributed by atoms with Gasteiger partial charge in [0, 0.05) is 26.9 Å². The normalized spacial score (nSPS) is 10.5. The second-order valence-electron chi connectivity index (χ2n) is 4.78. The number of aromatic nitrogens is 2. The van der Waals surface area contributed by atoms with Gasteiger partial charge in [0.2, 0.25) is 5.91 Å². The van der Waals surface area contributed by atoms with E-state index in [-0.39, 0.29) is 11.5 Å². The minimum absolute atomic E-state index is 0.180. The molecule has 0 saturated carbocycles. The highest BCUT2D eigenvalue weighted by molar-refractivity contribution is 5.93. The minimum Gasteiger partial charge on any atom is -0.478 e. The molecule has 22 heavy (non-hydrogen) atoms. The number of nitrogens with one attached hydrogen (secondary N) is 2. The maximum absolute atomic E-state index is 11.6. The average Bonchev–Trinajstić information content (AvgIpc) is 2.87. The monoisotopic (exact) mass is 304 g/mol. The summed E-state index contributed by atoms with van der Waals surface area (Å²) in [5.41, 5.74) is 1.47. The molecule has 0 atom stereocenters. The molecule has 0 aliphatic heterocycles. The van der Waals surface area contributed by atoms with E-state index < -0.39 is 12.0 Å². The summed E-state index contributed by atoms with van der Waals surface area (Å²) in [5.74, 6) is -0.719. The van der Waals surface area contributed by atoms with Gasteiger partial charge in [-0.15, -0.1) is 0 Å². The third-order valence-corrected chi connectivity index (χ3v) is 3.19. The van der Waals surface area contributed by atoms with Crippen LogP contribution in [-0.2, 0) is 11.2 Å². The Balaban J connectivity index is 1.99. The topological polar surface area (TPSA) is 115 Å². The van der Waals surface area contributed by atoms with Crippen LogP contribution in [0.5, 0.6) is 0 Å². The number of carbonyl (C=O) groups is 3. The van der Waals surface area contributed by atoms with Gasteiger partial charge in [0.25, 0.3) is 0 Å². The molecule has 0 bridgehead atoms. The number of H-pyrrole nitrogens is 1. The number of benzene rings is 1. The fourth-order valence-corrected chi connectivity index (χ4v) is 1.86. The number of aromatic amines is 1. The number of imidazole rings is 1. The number of fused-ring (bicyclic) bond motifs is 1. The van der Waals surface area contributed by atoms with Crippen molar-refractivity contribution in [3.05, 3.63) is 29.6 Å².